The molecule has 152 valence electrons. The van der Waals surface area contributed by atoms with Gasteiger partial charge < -0.3 is 24.0 Å². The zero-order valence-electron chi connectivity index (χ0n) is 17.1. The first-order valence-electron chi connectivity index (χ1n) is 9.57. The van der Waals surface area contributed by atoms with Gasteiger partial charge in [0.25, 0.3) is 5.91 Å². The second-order valence-corrected chi connectivity index (χ2v) is 7.18. The van der Waals surface area contributed by atoms with Gasteiger partial charge in [0.05, 0.1) is 19.2 Å². The summed E-state index contributed by atoms with van der Waals surface area (Å²) >= 11 is 0. The van der Waals surface area contributed by atoms with Crippen LogP contribution in [0.15, 0.2) is 24.3 Å². The van der Waals surface area contributed by atoms with Crippen LogP contribution < -0.4 is 9.64 Å². The predicted octanol–water partition coefficient (Wildman–Crippen LogP) is 2.46. The van der Waals surface area contributed by atoms with Crippen molar-refractivity contribution >= 4 is 22.6 Å². The smallest absolute Gasteiger partial charge is 0.252 e. The third-order valence-electron chi connectivity index (χ3n) is 4.95. The summed E-state index contributed by atoms with van der Waals surface area (Å²) < 4.78 is 16.2. The first-order valence-corrected chi connectivity index (χ1v) is 9.57. The number of pyridine rings is 1. The number of nitrogens with zero attached hydrogens (tertiary/aromatic N) is 3. The number of fused-ring (bicyclic) bond motifs is 1. The van der Waals surface area contributed by atoms with E-state index in [1.807, 2.05) is 42.1 Å². The average Bonchev–Trinajstić information content (AvgIpc) is 3.24. The minimum absolute atomic E-state index is 0.0223. The third kappa shape index (κ3) is 4.54. The van der Waals surface area contributed by atoms with Crippen molar-refractivity contribution in [2.75, 3.05) is 53.0 Å². The molecule has 7 nitrogen and oxygen atoms in total. The maximum absolute atomic E-state index is 13.0. The molecule has 1 fully saturated rings. The lowest BCUT2D eigenvalue weighted by molar-refractivity contribution is -0.142. The van der Waals surface area contributed by atoms with E-state index in [-0.39, 0.29) is 12.0 Å². The van der Waals surface area contributed by atoms with Crippen molar-refractivity contribution in [2.24, 2.45) is 0 Å². The number of benzene rings is 1. The summed E-state index contributed by atoms with van der Waals surface area (Å²) in [5, 5.41) is 1.01. The molecule has 3 rings (SSSR count). The van der Waals surface area contributed by atoms with Crippen LogP contribution in [0.2, 0.25) is 0 Å². The minimum atomic E-state index is -0.350. The fourth-order valence-electron chi connectivity index (χ4n) is 3.46. The normalized spacial score (nSPS) is 16.4. The van der Waals surface area contributed by atoms with Crippen molar-refractivity contribution in [3.8, 4) is 5.75 Å². The SMILES string of the molecule is COCCN(Cc1cc2ccc(OC)cc2nc1N(C)C)C(=O)[C@H]1CCCO1. The van der Waals surface area contributed by atoms with E-state index in [2.05, 4.69) is 6.07 Å². The highest BCUT2D eigenvalue weighted by Gasteiger charge is 2.29. The molecule has 1 atom stereocenters. The number of methoxy groups -OCH3 is 2. The number of ether oxygens (including phenoxy) is 3. The lowest BCUT2D eigenvalue weighted by Crippen LogP contribution is -2.40. The van der Waals surface area contributed by atoms with Crippen LogP contribution in [0.25, 0.3) is 10.9 Å². The molecule has 0 aliphatic carbocycles. The Morgan fingerprint density at radius 1 is 1.29 bits per heavy atom. The summed E-state index contributed by atoms with van der Waals surface area (Å²) in [4.78, 5) is 21.6. The van der Waals surface area contributed by atoms with Crippen LogP contribution in [0.1, 0.15) is 18.4 Å². The van der Waals surface area contributed by atoms with Crippen molar-refractivity contribution in [3.05, 3.63) is 29.8 Å². The first kappa shape index (κ1) is 20.4. The Kier molecular flexibility index (Phi) is 6.70. The topological polar surface area (TPSA) is 64.1 Å². The Labute approximate surface area is 166 Å². The number of anilines is 1. The van der Waals surface area contributed by atoms with E-state index in [0.29, 0.717) is 26.3 Å². The highest BCUT2D eigenvalue weighted by atomic mass is 16.5. The summed E-state index contributed by atoms with van der Waals surface area (Å²) in [5.74, 6) is 1.63. The molecule has 1 aromatic heterocycles. The molecular weight excluding hydrogens is 358 g/mol. The van der Waals surface area contributed by atoms with Crippen LogP contribution >= 0.6 is 0 Å². The molecule has 1 amide bonds. The van der Waals surface area contributed by atoms with Crippen LogP contribution in [0.5, 0.6) is 5.75 Å². The lowest BCUT2D eigenvalue weighted by Gasteiger charge is -2.27. The molecule has 7 heteroatoms. The van der Waals surface area contributed by atoms with E-state index >= 15 is 0 Å². The van der Waals surface area contributed by atoms with Gasteiger partial charge in [0.15, 0.2) is 0 Å². The molecular formula is C21H29N3O4. The fraction of sp³-hybridized carbons (Fsp3) is 0.524. The quantitative estimate of drug-likeness (QED) is 0.693. The molecule has 1 saturated heterocycles. The van der Waals surface area contributed by atoms with Crippen LogP contribution in [-0.4, -0.2) is 70.0 Å². The van der Waals surface area contributed by atoms with E-state index < -0.39 is 0 Å². The van der Waals surface area contributed by atoms with Crippen molar-refractivity contribution in [1.82, 2.24) is 9.88 Å². The zero-order chi connectivity index (χ0) is 20.1. The molecule has 2 heterocycles. The minimum Gasteiger partial charge on any atom is -0.497 e. The zero-order valence-corrected chi connectivity index (χ0v) is 17.1. The van der Waals surface area contributed by atoms with Gasteiger partial charge in [-0.3, -0.25) is 4.79 Å². The molecule has 1 aromatic carbocycles. The maximum atomic E-state index is 13.0. The largest absolute Gasteiger partial charge is 0.497 e. The van der Waals surface area contributed by atoms with Crippen molar-refractivity contribution in [2.45, 2.75) is 25.5 Å². The fourth-order valence-corrected chi connectivity index (χ4v) is 3.46. The van der Waals surface area contributed by atoms with E-state index in [9.17, 15) is 4.79 Å². The van der Waals surface area contributed by atoms with Gasteiger partial charge in [-0.1, -0.05) is 0 Å². The Hall–Kier alpha value is -2.38. The van der Waals surface area contributed by atoms with Gasteiger partial charge in [0.1, 0.15) is 17.7 Å². The van der Waals surface area contributed by atoms with E-state index in [1.165, 1.54) is 0 Å². The molecule has 0 radical (unpaired) electrons. The summed E-state index contributed by atoms with van der Waals surface area (Å²) in [6.07, 6.45) is 1.35. The molecule has 0 saturated carbocycles. The molecule has 1 aliphatic heterocycles. The monoisotopic (exact) mass is 387 g/mol. The summed E-state index contributed by atoms with van der Waals surface area (Å²) in [6.45, 7) is 2.11. The Balaban J connectivity index is 1.93. The second-order valence-electron chi connectivity index (χ2n) is 7.18. The van der Waals surface area contributed by atoms with Gasteiger partial charge in [-0.05, 0) is 31.0 Å². The Bertz CT molecular complexity index is 819. The number of hydrogen-bond donors (Lipinski definition) is 0. The summed E-state index contributed by atoms with van der Waals surface area (Å²) in [7, 11) is 7.20. The lowest BCUT2D eigenvalue weighted by atomic mass is 10.1. The highest BCUT2D eigenvalue weighted by molar-refractivity contribution is 5.84. The number of amides is 1. The summed E-state index contributed by atoms with van der Waals surface area (Å²) in [6, 6.07) is 7.93. The molecule has 0 N–H and O–H groups in total. The van der Waals surface area contributed by atoms with Gasteiger partial charge in [-0.25, -0.2) is 4.98 Å². The molecule has 1 aliphatic rings. The number of aromatic nitrogens is 1. The van der Waals surface area contributed by atoms with Gasteiger partial charge >= 0.3 is 0 Å². The number of rotatable bonds is 8. The van der Waals surface area contributed by atoms with Gasteiger partial charge in [0, 0.05) is 57.9 Å². The first-order chi connectivity index (χ1) is 13.5. The maximum Gasteiger partial charge on any atom is 0.252 e. The molecule has 2 aromatic rings. The Morgan fingerprint density at radius 2 is 2.11 bits per heavy atom. The van der Waals surface area contributed by atoms with Gasteiger partial charge in [0.2, 0.25) is 0 Å². The average molecular weight is 387 g/mol. The number of carbonyl (C=O) groups excluding carboxylic acids is 1. The van der Waals surface area contributed by atoms with Gasteiger partial charge in [-0.2, -0.15) is 0 Å². The van der Waals surface area contributed by atoms with Gasteiger partial charge in [-0.15, -0.1) is 0 Å². The van der Waals surface area contributed by atoms with E-state index in [0.717, 1.165) is 40.9 Å². The number of carbonyl (C=O) groups is 1. The standard InChI is InChI=1S/C21H29N3O4/c1-23(2)20-16(12-15-7-8-17(27-4)13-18(15)22-20)14-24(9-11-26-3)21(25)19-6-5-10-28-19/h7-8,12-13,19H,5-6,9-11,14H2,1-4H3/t19-/m1/s1. The molecule has 0 unspecified atom stereocenters. The predicted molar refractivity (Wildman–Crippen MR) is 109 cm³/mol. The molecule has 0 bridgehead atoms. The molecule has 28 heavy (non-hydrogen) atoms. The van der Waals surface area contributed by atoms with Crippen LogP contribution in [0.4, 0.5) is 5.82 Å². The van der Waals surface area contributed by atoms with E-state index in [1.54, 1.807) is 14.2 Å². The van der Waals surface area contributed by atoms with Crippen LogP contribution in [-0.2, 0) is 20.8 Å². The summed E-state index contributed by atoms with van der Waals surface area (Å²) in [5.41, 5.74) is 1.85. The van der Waals surface area contributed by atoms with Crippen LogP contribution in [0, 0.1) is 0 Å². The highest BCUT2D eigenvalue weighted by Crippen LogP contribution is 2.27. The molecule has 0 spiro atoms. The Morgan fingerprint density at radius 3 is 2.75 bits per heavy atom. The van der Waals surface area contributed by atoms with Crippen molar-refractivity contribution in [1.29, 1.82) is 0 Å². The van der Waals surface area contributed by atoms with Crippen molar-refractivity contribution in [3.63, 3.8) is 0 Å². The number of hydrogen-bond acceptors (Lipinski definition) is 6. The van der Waals surface area contributed by atoms with E-state index in [4.69, 9.17) is 19.2 Å². The van der Waals surface area contributed by atoms with Crippen LogP contribution in [0.3, 0.4) is 0 Å². The third-order valence-corrected chi connectivity index (χ3v) is 4.95. The van der Waals surface area contributed by atoms with Crippen molar-refractivity contribution < 1.29 is 19.0 Å². The second kappa shape index (κ2) is 9.21.